The molecule has 7 atom stereocenters. The first-order valence-corrected chi connectivity index (χ1v) is 29.9. The van der Waals surface area contributed by atoms with Crippen molar-refractivity contribution in [2.45, 2.75) is 320 Å². The number of allylic oxidation sites excluding steroid dienone is 7. The molecule has 7 unspecified atom stereocenters. The fraction of sp³-hybridized carbons (Fsp3) is 0.852. The van der Waals surface area contributed by atoms with Crippen molar-refractivity contribution in [2.24, 2.45) is 0 Å². The Hall–Kier alpha value is -1.85. The number of nitrogens with one attached hydrogen (secondary N) is 1. The summed E-state index contributed by atoms with van der Waals surface area (Å²) in [6.45, 7) is 3.78. The second-order valence-electron chi connectivity index (χ2n) is 20.8. The van der Waals surface area contributed by atoms with Gasteiger partial charge in [0, 0.05) is 6.42 Å². The van der Waals surface area contributed by atoms with Crippen molar-refractivity contribution in [1.82, 2.24) is 5.32 Å². The third-order valence-corrected chi connectivity index (χ3v) is 14.1. The van der Waals surface area contributed by atoms with Gasteiger partial charge in [0.1, 0.15) is 24.4 Å². The number of aliphatic hydroxyl groups is 5. The average Bonchev–Trinajstić information content (AvgIpc) is 3.36. The van der Waals surface area contributed by atoms with E-state index < -0.39 is 49.5 Å². The van der Waals surface area contributed by atoms with Crippen LogP contribution in [0.5, 0.6) is 0 Å². The van der Waals surface area contributed by atoms with E-state index in [2.05, 4.69) is 55.6 Å². The summed E-state index contributed by atoms with van der Waals surface area (Å²) in [5.74, 6) is -0.188. The molecule has 70 heavy (non-hydrogen) atoms. The quantitative estimate of drug-likeness (QED) is 0.0261. The van der Waals surface area contributed by atoms with Crippen molar-refractivity contribution >= 4 is 5.91 Å². The van der Waals surface area contributed by atoms with Crippen molar-refractivity contribution in [3.63, 3.8) is 0 Å². The summed E-state index contributed by atoms with van der Waals surface area (Å²) in [4.78, 5) is 13.1. The van der Waals surface area contributed by atoms with Gasteiger partial charge in [-0.05, 0) is 70.6 Å². The first kappa shape index (κ1) is 66.2. The van der Waals surface area contributed by atoms with Gasteiger partial charge in [-0.15, -0.1) is 0 Å². The molecule has 410 valence electrons. The van der Waals surface area contributed by atoms with E-state index >= 15 is 0 Å². The highest BCUT2D eigenvalue weighted by Crippen LogP contribution is 2.23. The lowest BCUT2D eigenvalue weighted by Crippen LogP contribution is -2.60. The zero-order chi connectivity index (χ0) is 50.8. The predicted molar refractivity (Wildman–Crippen MR) is 295 cm³/mol. The number of hydrogen-bond donors (Lipinski definition) is 6. The molecule has 9 heteroatoms. The summed E-state index contributed by atoms with van der Waals surface area (Å²) in [7, 11) is 0. The first-order chi connectivity index (χ1) is 34.3. The van der Waals surface area contributed by atoms with Crippen LogP contribution in [-0.4, -0.2) is 87.5 Å². The topological polar surface area (TPSA) is 149 Å². The molecule has 1 aliphatic heterocycles. The van der Waals surface area contributed by atoms with Gasteiger partial charge in [0.05, 0.1) is 25.4 Å². The van der Waals surface area contributed by atoms with Crippen molar-refractivity contribution in [1.29, 1.82) is 0 Å². The summed E-state index contributed by atoms with van der Waals surface area (Å²) >= 11 is 0. The third kappa shape index (κ3) is 39.7. The average molecular weight is 989 g/mol. The van der Waals surface area contributed by atoms with E-state index in [0.29, 0.717) is 6.42 Å². The van der Waals surface area contributed by atoms with E-state index in [1.165, 1.54) is 212 Å². The highest BCUT2D eigenvalue weighted by atomic mass is 16.7. The van der Waals surface area contributed by atoms with Gasteiger partial charge in [-0.3, -0.25) is 4.79 Å². The van der Waals surface area contributed by atoms with Crippen LogP contribution in [0, 0.1) is 0 Å². The Bertz CT molecular complexity index is 1240. The summed E-state index contributed by atoms with van der Waals surface area (Å²) in [5, 5.41) is 54.5. The number of unbranched alkanes of at least 4 members (excludes halogenated alkanes) is 35. The molecule has 0 aromatic rings. The molecule has 1 heterocycles. The number of aliphatic hydroxyl groups excluding tert-OH is 5. The van der Waals surface area contributed by atoms with Gasteiger partial charge in [0.2, 0.25) is 5.91 Å². The molecule has 1 amide bonds. The molecule has 0 aliphatic carbocycles. The fourth-order valence-electron chi connectivity index (χ4n) is 9.36. The molecular formula is C61H113NO8. The summed E-state index contributed by atoms with van der Waals surface area (Å²) < 4.78 is 11.3. The maximum atomic E-state index is 13.1. The Labute approximate surface area is 431 Å². The summed E-state index contributed by atoms with van der Waals surface area (Å²) in [6, 6.07) is -0.828. The monoisotopic (exact) mass is 988 g/mol. The van der Waals surface area contributed by atoms with E-state index in [1.54, 1.807) is 6.08 Å². The number of carbonyl (C=O) groups excluding carboxylic acids is 1. The highest BCUT2D eigenvalue weighted by molar-refractivity contribution is 5.76. The zero-order valence-electron chi connectivity index (χ0n) is 45.5. The molecule has 1 rings (SSSR count). The molecule has 1 aliphatic rings. The largest absolute Gasteiger partial charge is 0.394 e. The van der Waals surface area contributed by atoms with Crippen LogP contribution in [0.1, 0.15) is 277 Å². The SMILES string of the molecule is CCCCCCCCCC/C=C\CCCCCCCCCCCCCCCCCC(=O)NC(COC1OC(CO)C(O)C(O)C1O)C(O)/C=C/CC/C=C/CC/C=C/CCCCCCCCCCCC. The van der Waals surface area contributed by atoms with E-state index in [4.69, 9.17) is 9.47 Å². The van der Waals surface area contributed by atoms with E-state index in [-0.39, 0.29) is 12.5 Å². The molecule has 0 radical (unpaired) electrons. The molecule has 0 aromatic carbocycles. The Morgan fingerprint density at radius 2 is 0.814 bits per heavy atom. The number of ether oxygens (including phenoxy) is 2. The van der Waals surface area contributed by atoms with Crippen molar-refractivity contribution in [2.75, 3.05) is 13.2 Å². The molecule has 0 bridgehead atoms. The molecular weight excluding hydrogens is 875 g/mol. The normalized spacial score (nSPS) is 19.7. The first-order valence-electron chi connectivity index (χ1n) is 29.9. The number of hydrogen-bond acceptors (Lipinski definition) is 8. The van der Waals surface area contributed by atoms with Gasteiger partial charge in [-0.2, -0.15) is 0 Å². The Morgan fingerprint density at radius 3 is 1.20 bits per heavy atom. The van der Waals surface area contributed by atoms with Gasteiger partial charge in [0.15, 0.2) is 6.29 Å². The minimum Gasteiger partial charge on any atom is -0.394 e. The molecule has 1 saturated heterocycles. The predicted octanol–water partition coefficient (Wildman–Crippen LogP) is 14.9. The smallest absolute Gasteiger partial charge is 0.220 e. The minimum atomic E-state index is -1.58. The number of rotatable bonds is 51. The van der Waals surface area contributed by atoms with Crippen LogP contribution in [0.25, 0.3) is 0 Å². The zero-order valence-corrected chi connectivity index (χ0v) is 45.5. The van der Waals surface area contributed by atoms with Crippen LogP contribution < -0.4 is 5.32 Å². The van der Waals surface area contributed by atoms with Gasteiger partial charge < -0.3 is 40.3 Å². The van der Waals surface area contributed by atoms with Crippen molar-refractivity contribution in [3.8, 4) is 0 Å². The van der Waals surface area contributed by atoms with E-state index in [1.807, 2.05) is 6.08 Å². The van der Waals surface area contributed by atoms with Crippen LogP contribution in [-0.2, 0) is 14.3 Å². The van der Waals surface area contributed by atoms with Crippen LogP contribution in [0.15, 0.2) is 48.6 Å². The molecule has 0 saturated carbocycles. The minimum absolute atomic E-state index is 0.188. The lowest BCUT2D eigenvalue weighted by molar-refractivity contribution is -0.302. The van der Waals surface area contributed by atoms with Gasteiger partial charge in [-0.25, -0.2) is 0 Å². The lowest BCUT2D eigenvalue weighted by atomic mass is 9.99. The standard InChI is InChI=1S/C61H113NO8/c1-3-5-7-9-11-13-15-17-19-21-23-25-26-27-28-29-30-31-33-35-37-39-41-43-45-47-49-51-57(65)62-54(53-69-61-60(68)59(67)58(66)56(52-63)70-61)55(64)50-48-46-44-42-40-38-36-34-32-24-22-20-18-16-14-12-10-8-6-4-2/h21,23,32,34,40,42,48,50,54-56,58-61,63-64,66-68H,3-20,22,24-31,33,35-39,41,43-47,49,51-53H2,1-2H3,(H,62,65)/b23-21-,34-32+,42-40+,50-48+. The summed E-state index contributed by atoms with van der Waals surface area (Å²) in [5.41, 5.74) is 0. The van der Waals surface area contributed by atoms with Gasteiger partial charge in [-0.1, -0.05) is 249 Å². The van der Waals surface area contributed by atoms with Crippen LogP contribution >= 0.6 is 0 Å². The summed E-state index contributed by atoms with van der Waals surface area (Å²) in [6.07, 6.45) is 60.4. The molecule has 9 nitrogen and oxygen atoms in total. The molecule has 0 aromatic heterocycles. The van der Waals surface area contributed by atoms with Gasteiger partial charge in [0.25, 0.3) is 0 Å². The van der Waals surface area contributed by atoms with E-state index in [0.717, 1.165) is 44.9 Å². The number of amides is 1. The molecule has 0 spiro atoms. The maximum absolute atomic E-state index is 13.1. The third-order valence-electron chi connectivity index (χ3n) is 14.1. The Kier molecular flexibility index (Phi) is 47.9. The number of carbonyl (C=O) groups is 1. The van der Waals surface area contributed by atoms with Crippen LogP contribution in [0.3, 0.4) is 0 Å². The Morgan fingerprint density at radius 1 is 0.471 bits per heavy atom. The van der Waals surface area contributed by atoms with Crippen LogP contribution in [0.2, 0.25) is 0 Å². The fourth-order valence-corrected chi connectivity index (χ4v) is 9.36. The second kappa shape index (κ2) is 50.7. The lowest BCUT2D eigenvalue weighted by Gasteiger charge is -2.40. The van der Waals surface area contributed by atoms with Gasteiger partial charge >= 0.3 is 0 Å². The van der Waals surface area contributed by atoms with Crippen molar-refractivity contribution < 1.29 is 39.8 Å². The maximum Gasteiger partial charge on any atom is 0.220 e. The Balaban J connectivity index is 2.22. The van der Waals surface area contributed by atoms with E-state index in [9.17, 15) is 30.3 Å². The molecule has 1 fully saturated rings. The highest BCUT2D eigenvalue weighted by Gasteiger charge is 2.44. The molecule has 6 N–H and O–H groups in total. The van der Waals surface area contributed by atoms with Crippen LogP contribution in [0.4, 0.5) is 0 Å². The second-order valence-corrected chi connectivity index (χ2v) is 20.8. The van der Waals surface area contributed by atoms with Crippen molar-refractivity contribution in [3.05, 3.63) is 48.6 Å².